The van der Waals surface area contributed by atoms with Crippen molar-refractivity contribution in [3.05, 3.63) is 51.0 Å². The number of halogens is 1. The van der Waals surface area contributed by atoms with Crippen molar-refractivity contribution in [3.63, 3.8) is 0 Å². The fourth-order valence-electron chi connectivity index (χ4n) is 2.47. The Morgan fingerprint density at radius 2 is 1.85 bits per heavy atom. The average Bonchev–Trinajstić information content (AvgIpc) is 2.62. The summed E-state index contributed by atoms with van der Waals surface area (Å²) in [7, 11) is 0. The predicted octanol–water partition coefficient (Wildman–Crippen LogP) is 3.57. The van der Waals surface area contributed by atoms with Crippen molar-refractivity contribution in [2.45, 2.75) is 6.42 Å². The van der Waals surface area contributed by atoms with Crippen LogP contribution in [0.1, 0.15) is 6.42 Å². The van der Waals surface area contributed by atoms with E-state index in [0.29, 0.717) is 40.6 Å². The molecule has 1 aliphatic rings. The van der Waals surface area contributed by atoms with Gasteiger partial charge in [0.25, 0.3) is 5.69 Å². The molecule has 0 fully saturated rings. The van der Waals surface area contributed by atoms with Crippen LogP contribution in [0.3, 0.4) is 0 Å². The topological polar surface area (TPSA) is 103 Å². The minimum atomic E-state index is -0.464. The SMILES string of the molecule is O=C(CCNc1ccccc1[N+](=O)[O-])Nc1cc2c(cc1Br)OCCO2. The zero-order valence-electron chi connectivity index (χ0n) is 13.7. The first-order valence-electron chi connectivity index (χ1n) is 7.91. The first-order chi connectivity index (χ1) is 12.5. The molecule has 2 N–H and O–H groups in total. The van der Waals surface area contributed by atoms with E-state index in [2.05, 4.69) is 26.6 Å². The van der Waals surface area contributed by atoms with E-state index in [1.807, 2.05) is 0 Å². The zero-order chi connectivity index (χ0) is 18.5. The fraction of sp³-hybridized carbons (Fsp3) is 0.235. The molecule has 1 heterocycles. The van der Waals surface area contributed by atoms with Crippen molar-refractivity contribution in [3.8, 4) is 11.5 Å². The number of amides is 1. The molecule has 0 aromatic heterocycles. The quantitative estimate of drug-likeness (QED) is 0.545. The summed E-state index contributed by atoms with van der Waals surface area (Å²) in [6.07, 6.45) is 0.146. The monoisotopic (exact) mass is 421 g/mol. The van der Waals surface area contributed by atoms with E-state index in [-0.39, 0.29) is 24.6 Å². The Labute approximate surface area is 157 Å². The third-order valence-electron chi connectivity index (χ3n) is 3.67. The van der Waals surface area contributed by atoms with Crippen LogP contribution >= 0.6 is 15.9 Å². The van der Waals surface area contributed by atoms with Crippen molar-refractivity contribution < 1.29 is 19.2 Å². The van der Waals surface area contributed by atoms with Crippen molar-refractivity contribution >= 4 is 38.9 Å². The summed E-state index contributed by atoms with van der Waals surface area (Å²) in [5.41, 5.74) is 0.929. The molecule has 2 aromatic carbocycles. The molecule has 0 aliphatic carbocycles. The molecule has 0 saturated carbocycles. The molecule has 0 bridgehead atoms. The third kappa shape index (κ3) is 4.23. The standard InChI is InChI=1S/C17H16BrN3O5/c18-11-9-15-16(26-8-7-25-15)10-13(11)20-17(22)5-6-19-12-3-1-2-4-14(12)21(23)24/h1-4,9-10,19H,5-8H2,(H,20,22). The summed E-state index contributed by atoms with van der Waals surface area (Å²) in [6.45, 7) is 1.21. The van der Waals surface area contributed by atoms with E-state index in [9.17, 15) is 14.9 Å². The molecule has 0 unspecified atom stereocenters. The Hall–Kier alpha value is -2.81. The fourth-order valence-corrected chi connectivity index (χ4v) is 2.89. The van der Waals surface area contributed by atoms with Gasteiger partial charge in [-0.15, -0.1) is 0 Å². The highest BCUT2D eigenvalue weighted by molar-refractivity contribution is 9.10. The Morgan fingerprint density at radius 3 is 2.58 bits per heavy atom. The molecule has 136 valence electrons. The first-order valence-corrected chi connectivity index (χ1v) is 8.70. The van der Waals surface area contributed by atoms with Crippen molar-refractivity contribution in [2.24, 2.45) is 0 Å². The number of nitro groups is 1. The molecular weight excluding hydrogens is 406 g/mol. The number of carbonyl (C=O) groups excluding carboxylic acids is 1. The van der Waals surface area contributed by atoms with Crippen LogP contribution in [0.5, 0.6) is 11.5 Å². The van der Waals surface area contributed by atoms with Gasteiger partial charge in [-0.2, -0.15) is 0 Å². The summed E-state index contributed by atoms with van der Waals surface area (Å²) in [6, 6.07) is 9.75. The molecule has 26 heavy (non-hydrogen) atoms. The maximum Gasteiger partial charge on any atom is 0.292 e. The predicted molar refractivity (Wildman–Crippen MR) is 100.0 cm³/mol. The minimum Gasteiger partial charge on any atom is -0.486 e. The molecular formula is C17H16BrN3O5. The highest BCUT2D eigenvalue weighted by Crippen LogP contribution is 2.38. The lowest BCUT2D eigenvalue weighted by Crippen LogP contribution is -2.18. The zero-order valence-corrected chi connectivity index (χ0v) is 15.2. The molecule has 2 aromatic rings. The second-order valence-electron chi connectivity index (χ2n) is 5.47. The second kappa shape index (κ2) is 8.05. The summed E-state index contributed by atoms with van der Waals surface area (Å²) in [5, 5.41) is 16.7. The summed E-state index contributed by atoms with van der Waals surface area (Å²) < 4.78 is 11.7. The number of anilines is 2. The van der Waals surface area contributed by atoms with Crippen LogP contribution in [-0.2, 0) is 4.79 Å². The number of rotatable bonds is 6. The lowest BCUT2D eigenvalue weighted by Gasteiger charge is -2.20. The number of nitrogens with one attached hydrogen (secondary N) is 2. The van der Waals surface area contributed by atoms with Gasteiger partial charge < -0.3 is 20.1 Å². The van der Waals surface area contributed by atoms with Crippen molar-refractivity contribution in [1.82, 2.24) is 0 Å². The first kappa shape index (κ1) is 18.0. The molecule has 1 amide bonds. The summed E-state index contributed by atoms with van der Waals surface area (Å²) in [5.74, 6) is 0.973. The van der Waals surface area contributed by atoms with Gasteiger partial charge in [0.1, 0.15) is 18.9 Å². The number of para-hydroxylation sites is 2. The Bertz CT molecular complexity index is 843. The molecule has 8 nitrogen and oxygen atoms in total. The molecule has 3 rings (SSSR count). The van der Waals surface area contributed by atoms with Gasteiger partial charge in [-0.25, -0.2) is 0 Å². The van der Waals surface area contributed by atoms with Crippen LogP contribution in [0.15, 0.2) is 40.9 Å². The molecule has 9 heteroatoms. The van der Waals surface area contributed by atoms with Crippen LogP contribution in [0.4, 0.5) is 17.1 Å². The normalized spacial score (nSPS) is 12.3. The van der Waals surface area contributed by atoms with Gasteiger partial charge in [0.2, 0.25) is 5.91 Å². The molecule has 0 spiro atoms. The van der Waals surface area contributed by atoms with E-state index in [1.165, 1.54) is 6.07 Å². The number of benzene rings is 2. The Balaban J connectivity index is 1.58. The van der Waals surface area contributed by atoms with Crippen LogP contribution in [0.2, 0.25) is 0 Å². The van der Waals surface area contributed by atoms with E-state index >= 15 is 0 Å². The highest BCUT2D eigenvalue weighted by Gasteiger charge is 2.16. The third-order valence-corrected chi connectivity index (χ3v) is 4.33. The van der Waals surface area contributed by atoms with Crippen LogP contribution in [0, 0.1) is 10.1 Å². The van der Waals surface area contributed by atoms with Crippen molar-refractivity contribution in [2.75, 3.05) is 30.4 Å². The largest absolute Gasteiger partial charge is 0.486 e. The van der Waals surface area contributed by atoms with Gasteiger partial charge in [0.05, 0.1) is 10.6 Å². The maximum atomic E-state index is 12.2. The number of nitro benzene ring substituents is 1. The highest BCUT2D eigenvalue weighted by atomic mass is 79.9. The number of ether oxygens (including phenoxy) is 2. The smallest absolute Gasteiger partial charge is 0.292 e. The molecule has 0 saturated heterocycles. The van der Waals surface area contributed by atoms with Crippen LogP contribution in [0.25, 0.3) is 0 Å². The van der Waals surface area contributed by atoms with Gasteiger partial charge in [0, 0.05) is 35.6 Å². The number of hydrogen-bond acceptors (Lipinski definition) is 6. The molecule has 0 radical (unpaired) electrons. The van der Waals surface area contributed by atoms with E-state index < -0.39 is 4.92 Å². The minimum absolute atomic E-state index is 0.0255. The van der Waals surface area contributed by atoms with Crippen molar-refractivity contribution in [1.29, 1.82) is 0 Å². The van der Waals surface area contributed by atoms with Gasteiger partial charge in [0.15, 0.2) is 11.5 Å². The molecule has 1 aliphatic heterocycles. The number of nitrogens with zero attached hydrogens (tertiary/aromatic N) is 1. The Kier molecular flexibility index (Phi) is 5.57. The van der Waals surface area contributed by atoms with E-state index in [1.54, 1.807) is 30.3 Å². The van der Waals surface area contributed by atoms with Gasteiger partial charge in [-0.1, -0.05) is 12.1 Å². The van der Waals surface area contributed by atoms with E-state index in [0.717, 1.165) is 0 Å². The lowest BCUT2D eigenvalue weighted by atomic mass is 10.2. The number of carbonyl (C=O) groups is 1. The molecule has 0 atom stereocenters. The number of fused-ring (bicyclic) bond motifs is 1. The van der Waals surface area contributed by atoms with Crippen LogP contribution < -0.4 is 20.1 Å². The van der Waals surface area contributed by atoms with Gasteiger partial charge in [-0.05, 0) is 22.0 Å². The summed E-state index contributed by atoms with van der Waals surface area (Å²) in [4.78, 5) is 22.7. The number of hydrogen-bond donors (Lipinski definition) is 2. The average molecular weight is 422 g/mol. The van der Waals surface area contributed by atoms with Gasteiger partial charge in [-0.3, -0.25) is 14.9 Å². The Morgan fingerprint density at radius 1 is 1.15 bits per heavy atom. The van der Waals surface area contributed by atoms with Crippen LogP contribution in [-0.4, -0.2) is 30.6 Å². The lowest BCUT2D eigenvalue weighted by molar-refractivity contribution is -0.384. The second-order valence-corrected chi connectivity index (χ2v) is 6.33. The van der Waals surface area contributed by atoms with E-state index in [4.69, 9.17) is 9.47 Å². The summed E-state index contributed by atoms with van der Waals surface area (Å²) >= 11 is 3.39. The maximum absolute atomic E-state index is 12.2. The van der Waals surface area contributed by atoms with Gasteiger partial charge >= 0.3 is 0 Å².